The molecule has 1 saturated heterocycles. The van der Waals surface area contributed by atoms with E-state index in [1.54, 1.807) is 7.11 Å². The Kier molecular flexibility index (Phi) is 11.1. The minimum absolute atomic E-state index is 0.0930. The lowest BCUT2D eigenvalue weighted by atomic mass is 9.82. The summed E-state index contributed by atoms with van der Waals surface area (Å²) in [5.41, 5.74) is 1.92. The quantitative estimate of drug-likeness (QED) is 0.156. The Balaban J connectivity index is 1.69. The second kappa shape index (κ2) is 14.7. The molecule has 8 nitrogen and oxygen atoms in total. The zero-order valence-corrected chi connectivity index (χ0v) is 25.4. The zero-order valence-electron chi connectivity index (χ0n) is 23.8. The van der Waals surface area contributed by atoms with Gasteiger partial charge in [-0.25, -0.2) is 0 Å². The highest BCUT2D eigenvalue weighted by molar-refractivity contribution is 9.09. The molecule has 2 heterocycles. The SMILES string of the molecule is CCCCN(CCCCBr)C(=O)CN1C[C@H](c2ccc3c(c2)OCO3)[C@H](C(=O)OCC)[C@H]1c1ccc(OC)cc1. The van der Waals surface area contributed by atoms with Gasteiger partial charge in [0, 0.05) is 36.9 Å². The molecule has 0 aromatic heterocycles. The fourth-order valence-corrected chi connectivity index (χ4v) is 6.07. The second-order valence-corrected chi connectivity index (χ2v) is 11.1. The van der Waals surface area contributed by atoms with Crippen LogP contribution in [0.25, 0.3) is 0 Å². The summed E-state index contributed by atoms with van der Waals surface area (Å²) in [6.45, 7) is 6.68. The minimum Gasteiger partial charge on any atom is -0.497 e. The Morgan fingerprint density at radius 3 is 2.42 bits per heavy atom. The van der Waals surface area contributed by atoms with Gasteiger partial charge in [0.2, 0.25) is 12.7 Å². The lowest BCUT2D eigenvalue weighted by molar-refractivity contribution is -0.150. The number of carbonyl (C=O) groups is 2. The summed E-state index contributed by atoms with van der Waals surface area (Å²) in [5.74, 6) is 1.25. The number of halogens is 1. The van der Waals surface area contributed by atoms with E-state index in [-0.39, 0.29) is 43.8 Å². The van der Waals surface area contributed by atoms with Crippen LogP contribution in [0.4, 0.5) is 0 Å². The monoisotopic (exact) mass is 616 g/mol. The number of likely N-dealkylation sites (tertiary alicyclic amines) is 1. The first-order chi connectivity index (χ1) is 19.5. The van der Waals surface area contributed by atoms with Gasteiger partial charge in [-0.05, 0) is 61.6 Å². The molecule has 2 aliphatic heterocycles. The van der Waals surface area contributed by atoms with Crippen LogP contribution in [0.3, 0.4) is 0 Å². The van der Waals surface area contributed by atoms with Gasteiger partial charge in [-0.1, -0.05) is 47.5 Å². The van der Waals surface area contributed by atoms with Crippen molar-refractivity contribution < 1.29 is 28.5 Å². The molecule has 0 bridgehead atoms. The maximum absolute atomic E-state index is 13.8. The highest BCUT2D eigenvalue weighted by atomic mass is 79.9. The first kappa shape index (κ1) is 30.2. The summed E-state index contributed by atoms with van der Waals surface area (Å²) < 4.78 is 22.2. The summed E-state index contributed by atoms with van der Waals surface area (Å²) in [6, 6.07) is 13.3. The first-order valence-corrected chi connectivity index (χ1v) is 15.4. The third-order valence-electron chi connectivity index (χ3n) is 7.72. The second-order valence-electron chi connectivity index (χ2n) is 10.3. The Hall–Kier alpha value is -2.78. The molecule has 2 aliphatic rings. The van der Waals surface area contributed by atoms with Crippen LogP contribution in [-0.2, 0) is 14.3 Å². The molecular weight excluding hydrogens is 576 g/mol. The third-order valence-corrected chi connectivity index (χ3v) is 8.28. The van der Waals surface area contributed by atoms with Crippen LogP contribution >= 0.6 is 15.9 Å². The highest BCUT2D eigenvalue weighted by Gasteiger charge is 2.49. The summed E-state index contributed by atoms with van der Waals surface area (Å²) in [7, 11) is 1.63. The number of benzene rings is 2. The lowest BCUT2D eigenvalue weighted by Crippen LogP contribution is -2.42. The van der Waals surface area contributed by atoms with Crippen LogP contribution in [0.2, 0.25) is 0 Å². The number of amides is 1. The predicted octanol–water partition coefficient (Wildman–Crippen LogP) is 5.55. The van der Waals surface area contributed by atoms with Gasteiger partial charge in [-0.3, -0.25) is 14.5 Å². The Labute approximate surface area is 246 Å². The molecule has 40 heavy (non-hydrogen) atoms. The number of nitrogens with zero attached hydrogens (tertiary/aromatic N) is 2. The predicted molar refractivity (Wildman–Crippen MR) is 157 cm³/mol. The largest absolute Gasteiger partial charge is 0.497 e. The Morgan fingerprint density at radius 1 is 1.00 bits per heavy atom. The number of rotatable bonds is 14. The highest BCUT2D eigenvalue weighted by Crippen LogP contribution is 2.48. The van der Waals surface area contributed by atoms with Crippen molar-refractivity contribution in [1.29, 1.82) is 0 Å². The van der Waals surface area contributed by atoms with E-state index < -0.39 is 5.92 Å². The maximum Gasteiger partial charge on any atom is 0.311 e. The average molecular weight is 618 g/mol. The van der Waals surface area contributed by atoms with Crippen LogP contribution in [0, 0.1) is 5.92 Å². The molecule has 2 aromatic rings. The standard InChI is InChI=1S/C31H41BrN2O6/c1-4-6-16-33(17-8-7-15-32)28(35)20-34-19-25(23-11-14-26-27(18-23)40-21-39-26)29(31(36)38-5-2)30(34)22-9-12-24(37-3)13-10-22/h9-14,18,25,29-30H,4-8,15-17,19-21H2,1-3H3/t25-,29+,30-/m1/s1. The molecule has 9 heteroatoms. The van der Waals surface area contributed by atoms with Crippen LogP contribution in [0.15, 0.2) is 42.5 Å². The van der Waals surface area contributed by atoms with Gasteiger partial charge in [0.15, 0.2) is 11.5 Å². The van der Waals surface area contributed by atoms with E-state index >= 15 is 0 Å². The van der Waals surface area contributed by atoms with Crippen molar-refractivity contribution in [3.8, 4) is 17.2 Å². The number of carbonyl (C=O) groups excluding carboxylic acids is 2. The number of methoxy groups -OCH3 is 1. The summed E-state index contributed by atoms with van der Waals surface area (Å²) in [5, 5.41) is 0.924. The molecule has 4 rings (SSSR count). The van der Waals surface area contributed by atoms with Gasteiger partial charge in [0.25, 0.3) is 0 Å². The Morgan fingerprint density at radius 2 is 1.73 bits per heavy atom. The zero-order chi connectivity index (χ0) is 28.5. The number of fused-ring (bicyclic) bond motifs is 1. The maximum atomic E-state index is 13.8. The van der Waals surface area contributed by atoms with Crippen molar-refractivity contribution in [2.75, 3.05) is 52.0 Å². The lowest BCUT2D eigenvalue weighted by Gasteiger charge is -2.30. The van der Waals surface area contributed by atoms with Crippen molar-refractivity contribution in [3.63, 3.8) is 0 Å². The normalized spacial score (nSPS) is 19.9. The van der Waals surface area contributed by atoms with Crippen molar-refractivity contribution in [2.24, 2.45) is 5.92 Å². The minimum atomic E-state index is -0.501. The molecule has 2 aromatic carbocycles. The van der Waals surface area contributed by atoms with Gasteiger partial charge in [0.1, 0.15) is 5.75 Å². The van der Waals surface area contributed by atoms with E-state index in [4.69, 9.17) is 18.9 Å². The number of hydrogen-bond acceptors (Lipinski definition) is 7. The first-order valence-electron chi connectivity index (χ1n) is 14.3. The Bertz CT molecular complexity index is 1130. The van der Waals surface area contributed by atoms with Crippen molar-refractivity contribution in [2.45, 2.75) is 51.5 Å². The number of unbranched alkanes of at least 4 members (excludes halogenated alkanes) is 2. The van der Waals surface area contributed by atoms with Gasteiger partial charge < -0.3 is 23.8 Å². The van der Waals surface area contributed by atoms with Crippen LogP contribution in [0.1, 0.15) is 62.6 Å². The van der Waals surface area contributed by atoms with Gasteiger partial charge >= 0.3 is 5.97 Å². The number of hydrogen-bond donors (Lipinski definition) is 0. The molecule has 0 N–H and O–H groups in total. The molecule has 0 radical (unpaired) electrons. The smallest absolute Gasteiger partial charge is 0.311 e. The molecular formula is C31H41BrN2O6. The van der Waals surface area contributed by atoms with Gasteiger partial charge in [-0.2, -0.15) is 0 Å². The van der Waals surface area contributed by atoms with E-state index in [0.717, 1.165) is 61.0 Å². The summed E-state index contributed by atoms with van der Waals surface area (Å²) >= 11 is 3.50. The average Bonchev–Trinajstić information content (AvgIpc) is 3.59. The molecule has 0 unspecified atom stereocenters. The summed E-state index contributed by atoms with van der Waals surface area (Å²) in [4.78, 5) is 31.5. The van der Waals surface area contributed by atoms with E-state index in [1.807, 2.05) is 54.3 Å². The third kappa shape index (κ3) is 7.10. The summed E-state index contributed by atoms with van der Waals surface area (Å²) in [6.07, 6.45) is 3.96. The van der Waals surface area contributed by atoms with E-state index in [9.17, 15) is 9.59 Å². The number of esters is 1. The molecule has 0 saturated carbocycles. The molecule has 3 atom stereocenters. The topological polar surface area (TPSA) is 77.5 Å². The number of alkyl halides is 1. The van der Waals surface area contributed by atoms with Crippen LogP contribution in [0.5, 0.6) is 17.2 Å². The fraction of sp³-hybridized carbons (Fsp3) is 0.548. The fourth-order valence-electron chi connectivity index (χ4n) is 5.68. The number of ether oxygens (including phenoxy) is 4. The molecule has 0 aliphatic carbocycles. The molecule has 1 amide bonds. The van der Waals surface area contributed by atoms with Gasteiger partial charge in [0.05, 0.1) is 26.2 Å². The van der Waals surface area contributed by atoms with E-state index in [2.05, 4.69) is 27.8 Å². The van der Waals surface area contributed by atoms with Crippen molar-refractivity contribution in [1.82, 2.24) is 9.80 Å². The van der Waals surface area contributed by atoms with Gasteiger partial charge in [-0.15, -0.1) is 0 Å². The van der Waals surface area contributed by atoms with Crippen molar-refractivity contribution in [3.05, 3.63) is 53.6 Å². The molecule has 1 fully saturated rings. The molecule has 0 spiro atoms. The van der Waals surface area contributed by atoms with E-state index in [0.29, 0.717) is 18.0 Å². The van der Waals surface area contributed by atoms with Crippen LogP contribution < -0.4 is 14.2 Å². The van der Waals surface area contributed by atoms with E-state index in [1.165, 1.54) is 0 Å². The van der Waals surface area contributed by atoms with Crippen molar-refractivity contribution >= 4 is 27.8 Å². The van der Waals surface area contributed by atoms with Crippen LogP contribution in [-0.4, -0.2) is 73.7 Å². The molecule has 218 valence electrons.